The first-order valence-electron chi connectivity index (χ1n) is 7.05. The fraction of sp³-hybridized carbons (Fsp3) is 0.643. The molecule has 0 spiro atoms. The molecule has 2 heterocycles. The summed E-state index contributed by atoms with van der Waals surface area (Å²) in [4.78, 5) is 19.0. The second-order valence-electron chi connectivity index (χ2n) is 5.61. The van der Waals surface area contributed by atoms with E-state index >= 15 is 0 Å². The molecule has 0 atom stereocenters. The number of nitrogens with zero attached hydrogens (tertiary/aromatic N) is 2. The Kier molecular flexibility index (Phi) is 3.97. The molecule has 110 valence electrons. The van der Waals surface area contributed by atoms with E-state index < -0.39 is 0 Å². The number of rotatable bonds is 4. The van der Waals surface area contributed by atoms with E-state index in [2.05, 4.69) is 16.8 Å². The number of ketones is 1. The number of Topliss-reactive ketones (excluding diaryl/α,β-unsaturated/α-hetero) is 1. The van der Waals surface area contributed by atoms with E-state index in [-0.39, 0.29) is 11.7 Å². The molecule has 3 rings (SSSR count). The van der Waals surface area contributed by atoms with E-state index in [0.29, 0.717) is 5.69 Å². The zero-order valence-electron chi connectivity index (χ0n) is 12.0. The van der Waals surface area contributed by atoms with Gasteiger partial charge in [0.1, 0.15) is 5.00 Å². The summed E-state index contributed by atoms with van der Waals surface area (Å²) < 4.78 is 0. The van der Waals surface area contributed by atoms with Crippen molar-refractivity contribution in [3.63, 3.8) is 0 Å². The van der Waals surface area contributed by atoms with E-state index in [4.69, 9.17) is 5.73 Å². The minimum Gasteiger partial charge on any atom is -0.396 e. The number of nitrogens with two attached hydrogens (primary N) is 1. The van der Waals surface area contributed by atoms with E-state index in [1.807, 2.05) is 6.26 Å². The summed E-state index contributed by atoms with van der Waals surface area (Å²) in [5, 5.41) is 1.20. The monoisotopic (exact) mass is 311 g/mol. The van der Waals surface area contributed by atoms with Gasteiger partial charge in [0.2, 0.25) is 0 Å². The van der Waals surface area contributed by atoms with E-state index in [1.165, 1.54) is 5.00 Å². The molecule has 1 aliphatic carbocycles. The highest BCUT2D eigenvalue weighted by Gasteiger charge is 2.34. The maximum atomic E-state index is 12.3. The van der Waals surface area contributed by atoms with Crippen molar-refractivity contribution in [2.75, 3.05) is 50.1 Å². The fourth-order valence-corrected chi connectivity index (χ4v) is 4.80. The molecular weight excluding hydrogens is 290 g/mol. The fourth-order valence-electron chi connectivity index (χ4n) is 2.55. The maximum Gasteiger partial charge on any atom is 0.178 e. The van der Waals surface area contributed by atoms with Crippen LogP contribution in [0.1, 0.15) is 22.5 Å². The van der Waals surface area contributed by atoms with E-state index in [0.717, 1.165) is 48.8 Å². The maximum absolute atomic E-state index is 12.3. The van der Waals surface area contributed by atoms with Crippen LogP contribution >= 0.6 is 23.1 Å². The van der Waals surface area contributed by atoms with Crippen LogP contribution in [0, 0.1) is 5.92 Å². The summed E-state index contributed by atoms with van der Waals surface area (Å²) in [5.41, 5.74) is 6.96. The van der Waals surface area contributed by atoms with E-state index in [9.17, 15) is 4.79 Å². The normalized spacial score (nSPS) is 20.4. The molecule has 0 radical (unpaired) electrons. The molecule has 4 nitrogen and oxygen atoms in total. The van der Waals surface area contributed by atoms with Gasteiger partial charge in [0.25, 0.3) is 0 Å². The van der Waals surface area contributed by atoms with Crippen LogP contribution in [0.5, 0.6) is 0 Å². The van der Waals surface area contributed by atoms with E-state index in [1.54, 1.807) is 23.1 Å². The summed E-state index contributed by atoms with van der Waals surface area (Å²) in [6, 6.07) is 0. The average molecular weight is 311 g/mol. The summed E-state index contributed by atoms with van der Waals surface area (Å²) >= 11 is 3.27. The number of hydrogen-bond acceptors (Lipinski definition) is 6. The lowest BCUT2D eigenvalue weighted by Gasteiger charge is -2.33. The van der Waals surface area contributed by atoms with Crippen molar-refractivity contribution < 1.29 is 4.79 Å². The average Bonchev–Trinajstić information content (AvgIpc) is 3.23. The SMILES string of the molecule is CSc1c(N2CCN(C)CC2)sc(C(=O)C2CC2)c1N. The number of carbonyl (C=O) groups excluding carboxylic acids is 1. The molecule has 1 saturated heterocycles. The van der Waals surface area contributed by atoms with Gasteiger partial charge in [-0.05, 0) is 26.1 Å². The minimum atomic E-state index is 0.242. The number of thiophene rings is 1. The van der Waals surface area contributed by atoms with Crippen molar-refractivity contribution in [1.82, 2.24) is 4.90 Å². The van der Waals surface area contributed by atoms with Crippen LogP contribution in [0.2, 0.25) is 0 Å². The zero-order chi connectivity index (χ0) is 14.3. The van der Waals surface area contributed by atoms with Crippen molar-refractivity contribution in [2.24, 2.45) is 5.92 Å². The smallest absolute Gasteiger partial charge is 0.178 e. The van der Waals surface area contributed by atoms with Crippen LogP contribution in [0.15, 0.2) is 4.90 Å². The first kappa shape index (κ1) is 14.2. The molecule has 1 aliphatic heterocycles. The molecular formula is C14H21N3OS2. The Labute approximate surface area is 128 Å². The first-order valence-corrected chi connectivity index (χ1v) is 9.10. The lowest BCUT2D eigenvalue weighted by atomic mass is 10.2. The topological polar surface area (TPSA) is 49.6 Å². The molecule has 20 heavy (non-hydrogen) atoms. The molecule has 2 aliphatic rings. The predicted octanol–water partition coefficient (Wildman–Crippen LogP) is 2.40. The van der Waals surface area contributed by atoms with Crippen molar-refractivity contribution in [3.8, 4) is 0 Å². The van der Waals surface area contributed by atoms with Gasteiger partial charge in [-0.3, -0.25) is 4.79 Å². The van der Waals surface area contributed by atoms with Crippen molar-refractivity contribution in [2.45, 2.75) is 17.7 Å². The van der Waals surface area contributed by atoms with Crippen LogP contribution in [-0.2, 0) is 0 Å². The Balaban J connectivity index is 1.89. The summed E-state index contributed by atoms with van der Waals surface area (Å²) in [6.45, 7) is 4.16. The Morgan fingerprint density at radius 1 is 1.30 bits per heavy atom. The molecule has 2 N–H and O–H groups in total. The van der Waals surface area contributed by atoms with Gasteiger partial charge >= 0.3 is 0 Å². The van der Waals surface area contributed by atoms with Crippen molar-refractivity contribution in [1.29, 1.82) is 0 Å². The standard InChI is InChI=1S/C14H21N3OS2/c1-16-5-7-17(8-6-16)14-13(19-2)10(15)12(20-14)11(18)9-3-4-9/h9H,3-8,15H2,1-2H3. The summed E-state index contributed by atoms with van der Waals surface area (Å²) in [5.74, 6) is 0.508. The van der Waals surface area contributed by atoms with Crippen molar-refractivity contribution >= 4 is 39.6 Å². The number of piperazine rings is 1. The number of thioether (sulfide) groups is 1. The number of anilines is 2. The highest BCUT2D eigenvalue weighted by Crippen LogP contribution is 2.46. The predicted molar refractivity (Wildman–Crippen MR) is 87.3 cm³/mol. The van der Waals surface area contributed by atoms with Crippen molar-refractivity contribution in [3.05, 3.63) is 4.88 Å². The highest BCUT2D eigenvalue weighted by molar-refractivity contribution is 7.99. The van der Waals surface area contributed by atoms with Gasteiger partial charge in [-0.1, -0.05) is 0 Å². The number of nitrogen functional groups attached to an aromatic ring is 1. The Morgan fingerprint density at radius 2 is 1.95 bits per heavy atom. The molecule has 0 unspecified atom stereocenters. The van der Waals surface area contributed by atoms with Crippen LogP contribution in [-0.4, -0.2) is 50.2 Å². The second-order valence-corrected chi connectivity index (χ2v) is 7.43. The highest BCUT2D eigenvalue weighted by atomic mass is 32.2. The molecule has 2 fully saturated rings. The third-order valence-electron chi connectivity index (χ3n) is 4.05. The number of likely N-dealkylation sites (N-methyl/N-ethyl adjacent to an activating group) is 1. The van der Waals surface area contributed by atoms with Gasteiger partial charge in [0, 0.05) is 32.1 Å². The minimum absolute atomic E-state index is 0.242. The molecule has 0 bridgehead atoms. The van der Waals surface area contributed by atoms with Crippen LogP contribution in [0.25, 0.3) is 0 Å². The van der Waals surface area contributed by atoms with Crippen LogP contribution in [0.4, 0.5) is 10.7 Å². The Hall–Kier alpha value is -0.720. The van der Waals surface area contributed by atoms with Gasteiger partial charge in [0.05, 0.1) is 15.5 Å². The quantitative estimate of drug-likeness (QED) is 0.683. The summed E-state index contributed by atoms with van der Waals surface area (Å²) in [7, 11) is 2.15. The number of carbonyl (C=O) groups is 1. The first-order chi connectivity index (χ1) is 9.61. The lowest BCUT2D eigenvalue weighted by molar-refractivity contribution is 0.0972. The third kappa shape index (κ3) is 2.56. The van der Waals surface area contributed by atoms with Gasteiger partial charge in [-0.15, -0.1) is 23.1 Å². The molecule has 6 heteroatoms. The Morgan fingerprint density at radius 3 is 2.50 bits per heavy atom. The lowest BCUT2D eigenvalue weighted by Crippen LogP contribution is -2.44. The largest absolute Gasteiger partial charge is 0.396 e. The Bertz CT molecular complexity index is 517. The number of hydrogen-bond donors (Lipinski definition) is 1. The van der Waals surface area contributed by atoms with Crippen LogP contribution in [0.3, 0.4) is 0 Å². The molecule has 1 aromatic heterocycles. The van der Waals surface area contributed by atoms with Gasteiger partial charge in [-0.25, -0.2) is 0 Å². The third-order valence-corrected chi connectivity index (χ3v) is 6.28. The molecule has 0 amide bonds. The second kappa shape index (κ2) is 5.58. The van der Waals surface area contributed by atoms with Crippen LogP contribution < -0.4 is 10.6 Å². The van der Waals surface area contributed by atoms with Gasteiger partial charge < -0.3 is 15.5 Å². The molecule has 1 saturated carbocycles. The van der Waals surface area contributed by atoms with Gasteiger partial charge in [0.15, 0.2) is 5.78 Å². The summed E-state index contributed by atoms with van der Waals surface area (Å²) in [6.07, 6.45) is 4.12. The van der Waals surface area contributed by atoms with Gasteiger partial charge in [-0.2, -0.15) is 0 Å². The zero-order valence-corrected chi connectivity index (χ0v) is 13.6. The molecule has 0 aromatic carbocycles. The molecule has 1 aromatic rings.